The van der Waals surface area contributed by atoms with Gasteiger partial charge in [0.05, 0.1) is 5.69 Å². The van der Waals surface area contributed by atoms with Gasteiger partial charge in [-0.15, -0.1) is 0 Å². The van der Waals surface area contributed by atoms with Crippen LogP contribution in [0.4, 0.5) is 14.5 Å². The van der Waals surface area contributed by atoms with E-state index in [1.807, 2.05) is 30.3 Å². The summed E-state index contributed by atoms with van der Waals surface area (Å²) in [4.78, 5) is 13.3. The Morgan fingerprint density at radius 1 is 1.12 bits per heavy atom. The zero-order valence-corrected chi connectivity index (χ0v) is 14.6. The third kappa shape index (κ3) is 4.31. The van der Waals surface area contributed by atoms with Crippen LogP contribution in [0.15, 0.2) is 58.8 Å². The third-order valence-electron chi connectivity index (χ3n) is 4.77. The summed E-state index contributed by atoms with van der Waals surface area (Å²) in [5.74, 6) is -1.15. The summed E-state index contributed by atoms with van der Waals surface area (Å²) < 4.78 is 27.7. The summed E-state index contributed by atoms with van der Waals surface area (Å²) in [6.07, 6.45) is 1.41. The molecule has 6 heteroatoms. The van der Waals surface area contributed by atoms with Gasteiger partial charge in [-0.25, -0.2) is 8.78 Å². The largest absolute Gasteiger partial charge is 0.343 e. The SMILES string of the molecule is CC(=O)N1CCC(C(N=Nc2ccccc2)c2ccc(F)cc2F)CC1. The number of likely N-dealkylation sites (tertiary alicyclic amines) is 1. The molecule has 26 heavy (non-hydrogen) atoms. The van der Waals surface area contributed by atoms with Crippen LogP contribution in [-0.4, -0.2) is 23.9 Å². The van der Waals surface area contributed by atoms with E-state index >= 15 is 0 Å². The van der Waals surface area contributed by atoms with Crippen LogP contribution in [0.3, 0.4) is 0 Å². The van der Waals surface area contributed by atoms with Crippen molar-refractivity contribution in [3.63, 3.8) is 0 Å². The molecule has 2 aromatic carbocycles. The Balaban J connectivity index is 1.87. The van der Waals surface area contributed by atoms with Crippen molar-refractivity contribution in [3.05, 3.63) is 65.7 Å². The van der Waals surface area contributed by atoms with Crippen LogP contribution in [0.1, 0.15) is 31.4 Å². The molecule has 0 N–H and O–H groups in total. The molecule has 4 nitrogen and oxygen atoms in total. The van der Waals surface area contributed by atoms with Crippen LogP contribution in [0.5, 0.6) is 0 Å². The van der Waals surface area contributed by atoms with Crippen LogP contribution < -0.4 is 0 Å². The Kier molecular flexibility index (Phi) is 5.71. The molecule has 1 aliphatic heterocycles. The quantitative estimate of drug-likeness (QED) is 0.706. The van der Waals surface area contributed by atoms with Crippen molar-refractivity contribution in [2.24, 2.45) is 16.1 Å². The lowest BCUT2D eigenvalue weighted by molar-refractivity contribution is -0.130. The minimum absolute atomic E-state index is 0.0398. The molecule has 0 radical (unpaired) electrons. The maximum absolute atomic E-state index is 14.4. The average molecular weight is 357 g/mol. The number of hydrogen-bond donors (Lipinski definition) is 0. The number of hydrogen-bond acceptors (Lipinski definition) is 3. The molecule has 3 rings (SSSR count). The van der Waals surface area contributed by atoms with E-state index in [4.69, 9.17) is 0 Å². The maximum atomic E-state index is 14.4. The highest BCUT2D eigenvalue weighted by Crippen LogP contribution is 2.36. The topological polar surface area (TPSA) is 45.0 Å². The van der Waals surface area contributed by atoms with Gasteiger partial charge in [0, 0.05) is 31.6 Å². The third-order valence-corrected chi connectivity index (χ3v) is 4.77. The van der Waals surface area contributed by atoms with Gasteiger partial charge >= 0.3 is 0 Å². The number of nitrogens with zero attached hydrogens (tertiary/aromatic N) is 3. The minimum Gasteiger partial charge on any atom is -0.343 e. The zero-order chi connectivity index (χ0) is 18.5. The van der Waals surface area contributed by atoms with Crippen LogP contribution >= 0.6 is 0 Å². The number of benzene rings is 2. The van der Waals surface area contributed by atoms with Crippen molar-refractivity contribution in [3.8, 4) is 0 Å². The molecule has 1 atom stereocenters. The first kappa shape index (κ1) is 18.2. The molecular weight excluding hydrogens is 336 g/mol. The number of halogens is 2. The van der Waals surface area contributed by atoms with E-state index < -0.39 is 17.7 Å². The lowest BCUT2D eigenvalue weighted by Gasteiger charge is -2.34. The fraction of sp³-hybridized carbons (Fsp3) is 0.350. The molecule has 0 bridgehead atoms. The van der Waals surface area contributed by atoms with Gasteiger partial charge in [0.15, 0.2) is 0 Å². The fourth-order valence-corrected chi connectivity index (χ4v) is 3.31. The van der Waals surface area contributed by atoms with E-state index in [-0.39, 0.29) is 11.8 Å². The summed E-state index contributed by atoms with van der Waals surface area (Å²) in [5.41, 5.74) is 1.02. The van der Waals surface area contributed by atoms with E-state index in [1.54, 1.807) is 11.8 Å². The Morgan fingerprint density at radius 2 is 1.81 bits per heavy atom. The first-order chi connectivity index (χ1) is 12.5. The van der Waals surface area contributed by atoms with Gasteiger partial charge in [-0.1, -0.05) is 24.3 Å². The van der Waals surface area contributed by atoms with Crippen LogP contribution in [-0.2, 0) is 4.79 Å². The Hall–Kier alpha value is -2.63. The summed E-state index contributed by atoms with van der Waals surface area (Å²) in [6, 6.07) is 12.3. The predicted octanol–water partition coefficient (Wildman–Crippen LogP) is 5.05. The van der Waals surface area contributed by atoms with Crippen molar-refractivity contribution in [1.82, 2.24) is 4.90 Å². The lowest BCUT2D eigenvalue weighted by Crippen LogP contribution is -2.38. The second-order valence-corrected chi connectivity index (χ2v) is 6.51. The van der Waals surface area contributed by atoms with Gasteiger partial charge in [-0.2, -0.15) is 10.2 Å². The molecule has 0 saturated carbocycles. The predicted molar refractivity (Wildman–Crippen MR) is 95.0 cm³/mol. The number of carbonyl (C=O) groups excluding carboxylic acids is 1. The van der Waals surface area contributed by atoms with Gasteiger partial charge in [0.25, 0.3) is 0 Å². The van der Waals surface area contributed by atoms with Crippen molar-refractivity contribution < 1.29 is 13.6 Å². The molecule has 1 amide bonds. The van der Waals surface area contributed by atoms with Crippen molar-refractivity contribution in [1.29, 1.82) is 0 Å². The number of carbonyl (C=O) groups is 1. The second-order valence-electron chi connectivity index (χ2n) is 6.51. The molecule has 1 unspecified atom stereocenters. The summed E-state index contributed by atoms with van der Waals surface area (Å²) >= 11 is 0. The smallest absolute Gasteiger partial charge is 0.219 e. The van der Waals surface area contributed by atoms with E-state index in [2.05, 4.69) is 10.2 Å². The summed E-state index contributed by atoms with van der Waals surface area (Å²) in [5, 5.41) is 8.67. The highest BCUT2D eigenvalue weighted by Gasteiger charge is 2.30. The Morgan fingerprint density at radius 3 is 2.42 bits per heavy atom. The maximum Gasteiger partial charge on any atom is 0.219 e. The van der Waals surface area contributed by atoms with Gasteiger partial charge in [0.2, 0.25) is 5.91 Å². The summed E-state index contributed by atoms with van der Waals surface area (Å²) in [6.45, 7) is 2.77. The van der Waals surface area contributed by atoms with Crippen molar-refractivity contribution in [2.45, 2.75) is 25.8 Å². The standard InChI is InChI=1S/C20H21F2N3O/c1-14(26)25-11-9-15(10-12-25)20(18-8-7-16(21)13-19(18)22)24-23-17-5-3-2-4-6-17/h2-8,13,15,20H,9-12H2,1H3. The van der Waals surface area contributed by atoms with E-state index in [0.29, 0.717) is 37.2 Å². The molecule has 0 aromatic heterocycles. The fourth-order valence-electron chi connectivity index (χ4n) is 3.31. The van der Waals surface area contributed by atoms with E-state index in [9.17, 15) is 13.6 Å². The number of rotatable bonds is 4. The molecule has 1 aliphatic rings. The zero-order valence-electron chi connectivity index (χ0n) is 14.6. The van der Waals surface area contributed by atoms with Crippen LogP contribution in [0.25, 0.3) is 0 Å². The monoisotopic (exact) mass is 357 g/mol. The number of piperidine rings is 1. The first-order valence-corrected chi connectivity index (χ1v) is 8.71. The van der Waals surface area contributed by atoms with Gasteiger partial charge in [-0.05, 0) is 37.0 Å². The molecular formula is C20H21F2N3O. The molecule has 2 aromatic rings. The summed E-state index contributed by atoms with van der Waals surface area (Å²) in [7, 11) is 0. The Bertz CT molecular complexity index is 787. The molecule has 136 valence electrons. The van der Waals surface area contributed by atoms with Gasteiger partial charge < -0.3 is 4.90 Å². The lowest BCUT2D eigenvalue weighted by atomic mass is 9.85. The second kappa shape index (κ2) is 8.17. The van der Waals surface area contributed by atoms with Crippen molar-refractivity contribution >= 4 is 11.6 Å². The molecule has 1 heterocycles. The van der Waals surface area contributed by atoms with Crippen LogP contribution in [0, 0.1) is 17.6 Å². The highest BCUT2D eigenvalue weighted by molar-refractivity contribution is 5.73. The molecule has 1 fully saturated rings. The number of amides is 1. The molecule has 0 spiro atoms. The van der Waals surface area contributed by atoms with Crippen molar-refractivity contribution in [2.75, 3.05) is 13.1 Å². The van der Waals surface area contributed by atoms with Crippen LogP contribution in [0.2, 0.25) is 0 Å². The van der Waals surface area contributed by atoms with E-state index in [0.717, 1.165) is 6.07 Å². The average Bonchev–Trinajstić information content (AvgIpc) is 2.64. The first-order valence-electron chi connectivity index (χ1n) is 8.71. The Labute approximate surface area is 151 Å². The van der Waals surface area contributed by atoms with Gasteiger partial charge in [0.1, 0.15) is 17.7 Å². The molecule has 1 saturated heterocycles. The normalized spacial score (nSPS) is 16.8. The molecule has 0 aliphatic carbocycles. The van der Waals surface area contributed by atoms with E-state index in [1.165, 1.54) is 12.1 Å². The number of azo groups is 1. The highest BCUT2D eigenvalue weighted by atomic mass is 19.1. The van der Waals surface area contributed by atoms with Gasteiger partial charge in [-0.3, -0.25) is 4.79 Å². The minimum atomic E-state index is -0.615.